The van der Waals surface area contributed by atoms with Crippen molar-refractivity contribution >= 4 is 0 Å². The van der Waals surface area contributed by atoms with Gasteiger partial charge in [-0.3, -0.25) is 0 Å². The van der Waals surface area contributed by atoms with Crippen molar-refractivity contribution in [2.24, 2.45) is 5.73 Å². The maximum Gasteiger partial charge on any atom is 0.0691 e. The molecule has 2 nitrogen and oxygen atoms in total. The summed E-state index contributed by atoms with van der Waals surface area (Å²) >= 11 is 0. The second-order valence-electron chi connectivity index (χ2n) is 9.53. The minimum Gasteiger partial charge on any atom is -0.392 e. The zero-order valence-electron chi connectivity index (χ0n) is 20.4. The van der Waals surface area contributed by atoms with Gasteiger partial charge in [-0.25, -0.2) is 0 Å². The van der Waals surface area contributed by atoms with Crippen LogP contribution in [0, 0.1) is 0 Å². The number of nitrogens with two attached hydrogens (primary N) is 1. The predicted molar refractivity (Wildman–Crippen MR) is 132 cm³/mol. The highest BCUT2D eigenvalue weighted by Crippen LogP contribution is 2.16. The van der Waals surface area contributed by atoms with E-state index in [0.29, 0.717) is 0 Å². The van der Waals surface area contributed by atoms with Crippen LogP contribution < -0.4 is 5.73 Å². The first-order valence-electron chi connectivity index (χ1n) is 13.7. The molecule has 0 rings (SSSR count). The summed E-state index contributed by atoms with van der Waals surface area (Å²) in [6, 6.07) is -0.00726. The summed E-state index contributed by atoms with van der Waals surface area (Å²) < 4.78 is 0. The Bertz CT molecular complexity index is 294. The molecule has 0 bridgehead atoms. The van der Waals surface area contributed by atoms with Gasteiger partial charge < -0.3 is 10.8 Å². The molecule has 0 aliphatic rings. The number of aliphatic hydroxyl groups is 1. The van der Waals surface area contributed by atoms with Gasteiger partial charge in [0.2, 0.25) is 0 Å². The van der Waals surface area contributed by atoms with E-state index < -0.39 is 0 Å². The van der Waals surface area contributed by atoms with Gasteiger partial charge in [-0.15, -0.1) is 0 Å². The van der Waals surface area contributed by atoms with Gasteiger partial charge in [-0.05, 0) is 12.8 Å². The second-order valence-corrected chi connectivity index (χ2v) is 9.53. The monoisotopic (exact) mass is 411 g/mol. The van der Waals surface area contributed by atoms with E-state index in [1.54, 1.807) is 0 Å². The average Bonchev–Trinajstić information content (AvgIpc) is 2.73. The molecular weight excluding hydrogens is 354 g/mol. The van der Waals surface area contributed by atoms with Crippen LogP contribution in [-0.2, 0) is 0 Å². The summed E-state index contributed by atoms with van der Waals surface area (Å²) in [5.41, 5.74) is 6.21. The molecule has 0 aromatic heterocycles. The molecule has 2 unspecified atom stereocenters. The first-order chi connectivity index (χ1) is 14.2. The van der Waals surface area contributed by atoms with Crippen LogP contribution in [0.3, 0.4) is 0 Å². The smallest absolute Gasteiger partial charge is 0.0691 e. The first kappa shape index (κ1) is 28.9. The lowest BCUT2D eigenvalue weighted by Crippen LogP contribution is -2.34. The van der Waals surface area contributed by atoms with Crippen molar-refractivity contribution in [2.75, 3.05) is 0 Å². The summed E-state index contributed by atoms with van der Waals surface area (Å²) in [7, 11) is 0. The fraction of sp³-hybridized carbons (Fsp3) is 1.00. The van der Waals surface area contributed by atoms with Crippen LogP contribution in [0.15, 0.2) is 0 Å². The summed E-state index contributed by atoms with van der Waals surface area (Å²) in [5, 5.41) is 10.3. The lowest BCUT2D eigenvalue weighted by Gasteiger charge is -2.18. The summed E-state index contributed by atoms with van der Waals surface area (Å²) in [4.78, 5) is 0. The van der Waals surface area contributed by atoms with Crippen molar-refractivity contribution in [1.29, 1.82) is 0 Å². The lowest BCUT2D eigenvalue weighted by atomic mass is 9.98. The van der Waals surface area contributed by atoms with Crippen molar-refractivity contribution in [3.8, 4) is 0 Å². The molecule has 0 saturated heterocycles. The number of hydrogen-bond donors (Lipinski definition) is 2. The molecule has 0 aromatic carbocycles. The van der Waals surface area contributed by atoms with Crippen molar-refractivity contribution < 1.29 is 5.11 Å². The van der Waals surface area contributed by atoms with E-state index in [1.807, 2.05) is 0 Å². The van der Waals surface area contributed by atoms with Gasteiger partial charge in [0.05, 0.1) is 6.10 Å². The molecule has 0 aliphatic heterocycles. The maximum atomic E-state index is 10.3. The van der Waals surface area contributed by atoms with Gasteiger partial charge in [0.15, 0.2) is 0 Å². The normalized spacial score (nSPS) is 13.7. The Morgan fingerprint density at radius 1 is 0.448 bits per heavy atom. The Balaban J connectivity index is 3.29. The molecule has 29 heavy (non-hydrogen) atoms. The van der Waals surface area contributed by atoms with E-state index in [1.165, 1.54) is 128 Å². The molecule has 0 heterocycles. The van der Waals surface area contributed by atoms with E-state index in [2.05, 4.69) is 13.8 Å². The number of unbranched alkanes of at least 4 members (excludes halogenated alkanes) is 19. The summed E-state index contributed by atoms with van der Waals surface area (Å²) in [6.45, 7) is 4.56. The summed E-state index contributed by atoms with van der Waals surface area (Å²) in [5.74, 6) is 0. The van der Waals surface area contributed by atoms with Crippen LogP contribution in [0.5, 0.6) is 0 Å². The number of hydrogen-bond acceptors (Lipinski definition) is 2. The topological polar surface area (TPSA) is 46.2 Å². The van der Waals surface area contributed by atoms with Crippen LogP contribution >= 0.6 is 0 Å². The van der Waals surface area contributed by atoms with Gasteiger partial charge in [0.25, 0.3) is 0 Å². The Morgan fingerprint density at radius 2 is 0.724 bits per heavy atom. The molecule has 0 radical (unpaired) electrons. The molecule has 0 spiro atoms. The Labute approximate surface area is 184 Å². The van der Waals surface area contributed by atoms with Gasteiger partial charge in [0, 0.05) is 6.04 Å². The van der Waals surface area contributed by atoms with Crippen molar-refractivity contribution in [3.05, 3.63) is 0 Å². The number of rotatable bonds is 24. The van der Waals surface area contributed by atoms with Crippen LogP contribution in [0.1, 0.15) is 162 Å². The van der Waals surface area contributed by atoms with E-state index in [4.69, 9.17) is 5.73 Å². The quantitative estimate of drug-likeness (QED) is 0.156. The fourth-order valence-corrected chi connectivity index (χ4v) is 4.29. The molecule has 0 saturated carbocycles. The standard InChI is InChI=1S/C27H57NO/c1-3-5-7-9-11-13-14-15-17-18-20-22-24-26(28)27(29)25-23-21-19-16-12-10-8-6-4-2/h26-27,29H,3-25,28H2,1-2H3. The zero-order valence-corrected chi connectivity index (χ0v) is 20.4. The fourth-order valence-electron chi connectivity index (χ4n) is 4.29. The average molecular weight is 412 g/mol. The highest BCUT2D eigenvalue weighted by molar-refractivity contribution is 4.71. The van der Waals surface area contributed by atoms with Crippen molar-refractivity contribution in [1.82, 2.24) is 0 Å². The van der Waals surface area contributed by atoms with Crippen molar-refractivity contribution in [2.45, 2.75) is 174 Å². The second kappa shape index (κ2) is 24.2. The molecule has 0 fully saturated rings. The molecule has 0 aromatic rings. The third-order valence-corrected chi connectivity index (χ3v) is 6.49. The Morgan fingerprint density at radius 3 is 1.07 bits per heavy atom. The van der Waals surface area contributed by atoms with E-state index in [9.17, 15) is 5.11 Å². The molecule has 176 valence electrons. The van der Waals surface area contributed by atoms with Crippen LogP contribution in [0.2, 0.25) is 0 Å². The van der Waals surface area contributed by atoms with E-state index in [-0.39, 0.29) is 12.1 Å². The number of aliphatic hydroxyl groups excluding tert-OH is 1. The minimum absolute atomic E-state index is 0.00726. The third kappa shape index (κ3) is 22.4. The molecule has 2 heteroatoms. The lowest BCUT2D eigenvalue weighted by molar-refractivity contribution is 0.126. The zero-order chi connectivity index (χ0) is 21.4. The molecule has 0 amide bonds. The Hall–Kier alpha value is -0.0800. The largest absolute Gasteiger partial charge is 0.392 e. The highest BCUT2D eigenvalue weighted by Gasteiger charge is 2.13. The maximum absolute atomic E-state index is 10.3. The SMILES string of the molecule is CCCCCCCCCCCCCCC(N)C(O)CCCCCCCCCCC. The first-order valence-corrected chi connectivity index (χ1v) is 13.7. The molecule has 3 N–H and O–H groups in total. The van der Waals surface area contributed by atoms with Crippen LogP contribution in [-0.4, -0.2) is 17.3 Å². The molecular formula is C27H57NO. The summed E-state index contributed by atoms with van der Waals surface area (Å²) in [6.07, 6.45) is 30.1. The van der Waals surface area contributed by atoms with Gasteiger partial charge in [0.1, 0.15) is 0 Å². The predicted octanol–water partition coefficient (Wildman–Crippen LogP) is 8.69. The Kier molecular flexibility index (Phi) is 24.1. The van der Waals surface area contributed by atoms with Crippen LogP contribution in [0.25, 0.3) is 0 Å². The van der Waals surface area contributed by atoms with Crippen LogP contribution in [0.4, 0.5) is 0 Å². The highest BCUT2D eigenvalue weighted by atomic mass is 16.3. The van der Waals surface area contributed by atoms with Gasteiger partial charge >= 0.3 is 0 Å². The van der Waals surface area contributed by atoms with Crippen molar-refractivity contribution in [3.63, 3.8) is 0 Å². The van der Waals surface area contributed by atoms with E-state index in [0.717, 1.165) is 19.3 Å². The van der Waals surface area contributed by atoms with Gasteiger partial charge in [-0.1, -0.05) is 149 Å². The molecule has 2 atom stereocenters. The van der Waals surface area contributed by atoms with E-state index >= 15 is 0 Å². The van der Waals surface area contributed by atoms with Gasteiger partial charge in [-0.2, -0.15) is 0 Å². The third-order valence-electron chi connectivity index (χ3n) is 6.49. The molecule has 0 aliphatic carbocycles. The minimum atomic E-state index is -0.285.